The van der Waals surface area contributed by atoms with Gasteiger partial charge >= 0.3 is 0 Å². The van der Waals surface area contributed by atoms with Crippen LogP contribution < -0.4 is 0 Å². The van der Waals surface area contributed by atoms with E-state index in [1.54, 1.807) is 0 Å². The first-order chi connectivity index (χ1) is 6.17. The van der Waals surface area contributed by atoms with Crippen LogP contribution in [0.5, 0.6) is 0 Å². The number of allylic oxidation sites excluding steroid dienone is 5. The predicted molar refractivity (Wildman–Crippen MR) is 61.8 cm³/mol. The van der Waals surface area contributed by atoms with Crippen molar-refractivity contribution in [2.24, 2.45) is 5.92 Å². The highest BCUT2D eigenvalue weighted by Gasteiger charge is 2.09. The van der Waals surface area contributed by atoms with Crippen molar-refractivity contribution in [3.63, 3.8) is 0 Å². The summed E-state index contributed by atoms with van der Waals surface area (Å²) in [5.41, 5.74) is 2.77. The standard InChI is InChI=1S/C13H22/c1-6-9-10-12(5)13(8-3)11(4)7-2/h6,9-10,13H,4,7-8H2,1-3,5H3/b9-6-,12-10+. The summed E-state index contributed by atoms with van der Waals surface area (Å²) in [6, 6.07) is 0. The molecule has 0 bridgehead atoms. The van der Waals surface area contributed by atoms with Gasteiger partial charge in [0.2, 0.25) is 0 Å². The van der Waals surface area contributed by atoms with Gasteiger partial charge in [-0.05, 0) is 26.7 Å². The average molecular weight is 178 g/mol. The normalized spacial score (nSPS) is 14.9. The molecule has 0 aliphatic heterocycles. The first-order valence-corrected chi connectivity index (χ1v) is 5.14. The van der Waals surface area contributed by atoms with E-state index in [4.69, 9.17) is 0 Å². The molecule has 0 aromatic carbocycles. The van der Waals surface area contributed by atoms with Crippen molar-refractivity contribution < 1.29 is 0 Å². The number of hydrogen-bond donors (Lipinski definition) is 0. The van der Waals surface area contributed by atoms with Crippen LogP contribution in [0.1, 0.15) is 40.5 Å². The maximum Gasteiger partial charge on any atom is 0.000186 e. The van der Waals surface area contributed by atoms with Gasteiger partial charge in [0.15, 0.2) is 0 Å². The molecule has 0 aromatic heterocycles. The van der Waals surface area contributed by atoms with E-state index in [9.17, 15) is 0 Å². The Bertz CT molecular complexity index is 206. The number of rotatable bonds is 5. The van der Waals surface area contributed by atoms with Crippen molar-refractivity contribution >= 4 is 0 Å². The van der Waals surface area contributed by atoms with E-state index in [-0.39, 0.29) is 0 Å². The molecule has 0 aliphatic carbocycles. The lowest BCUT2D eigenvalue weighted by molar-refractivity contribution is 0.663. The molecule has 0 N–H and O–H groups in total. The fraction of sp³-hybridized carbons (Fsp3) is 0.538. The number of hydrogen-bond acceptors (Lipinski definition) is 0. The fourth-order valence-corrected chi connectivity index (χ4v) is 1.54. The van der Waals surface area contributed by atoms with Crippen molar-refractivity contribution in [3.05, 3.63) is 36.0 Å². The predicted octanol–water partition coefficient (Wildman–Crippen LogP) is 4.50. The fourth-order valence-electron chi connectivity index (χ4n) is 1.54. The van der Waals surface area contributed by atoms with Crippen LogP contribution in [0.15, 0.2) is 36.0 Å². The van der Waals surface area contributed by atoms with E-state index >= 15 is 0 Å². The van der Waals surface area contributed by atoms with Crippen molar-refractivity contribution in [1.29, 1.82) is 0 Å². The van der Waals surface area contributed by atoms with E-state index < -0.39 is 0 Å². The quantitative estimate of drug-likeness (QED) is 0.429. The zero-order valence-corrected chi connectivity index (χ0v) is 9.43. The lowest BCUT2D eigenvalue weighted by atomic mass is 9.89. The minimum Gasteiger partial charge on any atom is -0.0993 e. The minimum absolute atomic E-state index is 0.571. The average Bonchev–Trinajstić information content (AvgIpc) is 2.15. The minimum atomic E-state index is 0.571. The summed E-state index contributed by atoms with van der Waals surface area (Å²) in [5, 5.41) is 0. The molecular formula is C13H22. The van der Waals surface area contributed by atoms with Gasteiger partial charge in [0, 0.05) is 5.92 Å². The smallest absolute Gasteiger partial charge is 0.000186 e. The molecule has 74 valence electrons. The van der Waals surface area contributed by atoms with Crippen LogP contribution in [0.3, 0.4) is 0 Å². The molecule has 1 unspecified atom stereocenters. The lowest BCUT2D eigenvalue weighted by Gasteiger charge is -2.17. The summed E-state index contributed by atoms with van der Waals surface area (Å²) in [6.45, 7) is 12.7. The Labute approximate surface area is 83.0 Å². The SMILES string of the molecule is C=C(CC)C(CC)/C(C)=C/C=C\C. The van der Waals surface area contributed by atoms with Gasteiger partial charge < -0.3 is 0 Å². The van der Waals surface area contributed by atoms with Gasteiger partial charge in [-0.25, -0.2) is 0 Å². The molecule has 13 heavy (non-hydrogen) atoms. The molecular weight excluding hydrogens is 156 g/mol. The maximum atomic E-state index is 4.11. The summed E-state index contributed by atoms with van der Waals surface area (Å²) in [6.07, 6.45) is 8.59. The molecule has 0 aromatic rings. The van der Waals surface area contributed by atoms with Crippen LogP contribution in [0.4, 0.5) is 0 Å². The topological polar surface area (TPSA) is 0 Å². The Morgan fingerprint density at radius 1 is 1.38 bits per heavy atom. The Morgan fingerprint density at radius 2 is 2.00 bits per heavy atom. The summed E-state index contributed by atoms with van der Waals surface area (Å²) in [7, 11) is 0. The molecule has 0 amide bonds. The summed E-state index contributed by atoms with van der Waals surface area (Å²) >= 11 is 0. The first-order valence-electron chi connectivity index (χ1n) is 5.14. The molecule has 0 fully saturated rings. The van der Waals surface area contributed by atoms with Crippen LogP contribution >= 0.6 is 0 Å². The van der Waals surface area contributed by atoms with Crippen molar-refractivity contribution in [3.8, 4) is 0 Å². The van der Waals surface area contributed by atoms with Crippen LogP contribution in [-0.2, 0) is 0 Å². The van der Waals surface area contributed by atoms with E-state index in [0.717, 1.165) is 12.8 Å². The van der Waals surface area contributed by atoms with Crippen LogP contribution in [0.25, 0.3) is 0 Å². The highest BCUT2D eigenvalue weighted by atomic mass is 14.1. The molecule has 0 radical (unpaired) electrons. The molecule has 0 saturated carbocycles. The molecule has 0 saturated heterocycles. The third-order valence-electron chi connectivity index (χ3n) is 2.46. The summed E-state index contributed by atoms with van der Waals surface area (Å²) in [4.78, 5) is 0. The van der Waals surface area contributed by atoms with Crippen molar-refractivity contribution in [2.75, 3.05) is 0 Å². The van der Waals surface area contributed by atoms with Gasteiger partial charge in [-0.1, -0.05) is 49.8 Å². The second-order valence-corrected chi connectivity index (χ2v) is 3.41. The van der Waals surface area contributed by atoms with E-state index in [0.29, 0.717) is 5.92 Å². The van der Waals surface area contributed by atoms with Crippen LogP contribution in [-0.4, -0.2) is 0 Å². The van der Waals surface area contributed by atoms with Gasteiger partial charge in [0.25, 0.3) is 0 Å². The van der Waals surface area contributed by atoms with Crippen molar-refractivity contribution in [1.82, 2.24) is 0 Å². The Kier molecular flexibility index (Phi) is 6.30. The molecule has 0 rings (SSSR count). The Hall–Kier alpha value is -0.780. The molecule has 0 heterocycles. The van der Waals surface area contributed by atoms with E-state index in [1.165, 1.54) is 11.1 Å². The molecule has 0 heteroatoms. The first kappa shape index (κ1) is 12.2. The second kappa shape index (κ2) is 6.71. The highest BCUT2D eigenvalue weighted by Crippen LogP contribution is 2.24. The Balaban J connectivity index is 4.48. The second-order valence-electron chi connectivity index (χ2n) is 3.41. The zero-order valence-electron chi connectivity index (χ0n) is 9.43. The largest absolute Gasteiger partial charge is 0.0993 e. The molecule has 0 nitrogen and oxygen atoms in total. The van der Waals surface area contributed by atoms with Gasteiger partial charge in [-0.15, -0.1) is 0 Å². The maximum absolute atomic E-state index is 4.11. The van der Waals surface area contributed by atoms with Gasteiger partial charge in [0.1, 0.15) is 0 Å². The van der Waals surface area contributed by atoms with Gasteiger partial charge in [0.05, 0.1) is 0 Å². The lowest BCUT2D eigenvalue weighted by Crippen LogP contribution is -2.02. The molecule has 0 aliphatic rings. The zero-order chi connectivity index (χ0) is 10.3. The monoisotopic (exact) mass is 178 g/mol. The molecule has 0 spiro atoms. The summed E-state index contributed by atoms with van der Waals surface area (Å²) in [5.74, 6) is 0.571. The van der Waals surface area contributed by atoms with Crippen LogP contribution in [0, 0.1) is 5.92 Å². The highest BCUT2D eigenvalue weighted by molar-refractivity contribution is 5.21. The van der Waals surface area contributed by atoms with E-state index in [1.807, 2.05) is 6.92 Å². The molecule has 1 atom stereocenters. The van der Waals surface area contributed by atoms with E-state index in [2.05, 4.69) is 45.6 Å². The van der Waals surface area contributed by atoms with Crippen LogP contribution in [0.2, 0.25) is 0 Å². The Morgan fingerprint density at radius 3 is 2.38 bits per heavy atom. The summed E-state index contributed by atoms with van der Waals surface area (Å²) < 4.78 is 0. The van der Waals surface area contributed by atoms with Gasteiger partial charge in [-0.2, -0.15) is 0 Å². The van der Waals surface area contributed by atoms with Crippen molar-refractivity contribution in [2.45, 2.75) is 40.5 Å². The van der Waals surface area contributed by atoms with Gasteiger partial charge in [-0.3, -0.25) is 0 Å². The third-order valence-corrected chi connectivity index (χ3v) is 2.46. The third kappa shape index (κ3) is 4.12.